The quantitative estimate of drug-likeness (QED) is 0.191. The summed E-state index contributed by atoms with van der Waals surface area (Å²) < 4.78 is 11.0. The zero-order chi connectivity index (χ0) is 20.6. The van der Waals surface area contributed by atoms with E-state index in [2.05, 4.69) is 26.5 Å². The Morgan fingerprint density at radius 2 is 1.97 bits per heavy atom. The van der Waals surface area contributed by atoms with Crippen molar-refractivity contribution in [1.82, 2.24) is 5.43 Å². The van der Waals surface area contributed by atoms with Gasteiger partial charge < -0.3 is 14.3 Å². The molecule has 1 aromatic heterocycles. The molecule has 0 saturated heterocycles. The molecule has 8 heteroatoms. The fourth-order valence-corrected chi connectivity index (χ4v) is 2.79. The number of halogens is 1. The normalized spacial score (nSPS) is 11.1. The molecule has 0 saturated carbocycles. The number of amides is 1. The van der Waals surface area contributed by atoms with Crippen molar-refractivity contribution in [2.45, 2.75) is 0 Å². The molecule has 0 aliphatic heterocycles. The second kappa shape index (κ2) is 9.52. The Morgan fingerprint density at radius 1 is 1.14 bits per heavy atom. The van der Waals surface area contributed by atoms with Gasteiger partial charge in [0.1, 0.15) is 17.3 Å². The van der Waals surface area contributed by atoms with E-state index >= 15 is 0 Å². The molecule has 0 aliphatic rings. The van der Waals surface area contributed by atoms with Gasteiger partial charge in [-0.05, 0) is 54.1 Å². The number of benzene rings is 2. The van der Waals surface area contributed by atoms with Gasteiger partial charge in [-0.25, -0.2) is 10.2 Å². The summed E-state index contributed by atoms with van der Waals surface area (Å²) in [6.07, 6.45) is 5.64. The molecule has 0 unspecified atom stereocenters. The van der Waals surface area contributed by atoms with Crippen molar-refractivity contribution in [3.63, 3.8) is 0 Å². The highest BCUT2D eigenvalue weighted by Crippen LogP contribution is 2.21. The van der Waals surface area contributed by atoms with Crippen molar-refractivity contribution in [3.05, 3.63) is 88.3 Å². The summed E-state index contributed by atoms with van der Waals surface area (Å²) >= 11 is 3.33. The van der Waals surface area contributed by atoms with E-state index < -0.39 is 11.9 Å². The monoisotopic (exact) mass is 454 g/mol. The van der Waals surface area contributed by atoms with E-state index in [-0.39, 0.29) is 11.3 Å². The minimum absolute atomic E-state index is 0.108. The summed E-state index contributed by atoms with van der Waals surface area (Å²) in [4.78, 5) is 24.0. The first-order chi connectivity index (χ1) is 14.0. The van der Waals surface area contributed by atoms with Crippen LogP contribution < -0.4 is 10.2 Å². The van der Waals surface area contributed by atoms with Crippen molar-refractivity contribution in [2.75, 3.05) is 0 Å². The van der Waals surface area contributed by atoms with Gasteiger partial charge in [0.2, 0.25) is 0 Å². The molecule has 0 radical (unpaired) electrons. The lowest BCUT2D eigenvalue weighted by atomic mass is 10.2. The van der Waals surface area contributed by atoms with E-state index in [1.54, 1.807) is 42.5 Å². The number of carbonyl (C=O) groups is 2. The molecular formula is C21H15BrN2O5. The number of hydrazone groups is 1. The number of nitrogens with zero attached hydrogens (tertiary/aromatic N) is 1. The van der Waals surface area contributed by atoms with Crippen LogP contribution >= 0.6 is 15.9 Å². The Hall–Kier alpha value is -3.65. The van der Waals surface area contributed by atoms with E-state index in [4.69, 9.17) is 9.15 Å². The van der Waals surface area contributed by atoms with Gasteiger partial charge in [-0.2, -0.15) is 5.10 Å². The summed E-state index contributed by atoms with van der Waals surface area (Å²) in [5.41, 5.74) is 3.02. The van der Waals surface area contributed by atoms with Crippen LogP contribution in [0.5, 0.6) is 11.5 Å². The van der Waals surface area contributed by atoms with Crippen molar-refractivity contribution in [3.8, 4) is 11.5 Å². The fraction of sp³-hybridized carbons (Fsp3) is 0. The molecule has 3 rings (SSSR count). The van der Waals surface area contributed by atoms with Crippen LogP contribution in [-0.2, 0) is 4.79 Å². The molecule has 1 heterocycles. The number of ether oxygens (including phenoxy) is 1. The molecule has 2 N–H and O–H groups in total. The number of hydrogen-bond acceptors (Lipinski definition) is 6. The SMILES string of the molecule is O=C(/C=C/c1ccco1)Oc1cc(Br)cc(/C=N\NC(=O)c2ccccc2O)c1. The predicted molar refractivity (Wildman–Crippen MR) is 111 cm³/mol. The highest BCUT2D eigenvalue weighted by Gasteiger charge is 2.09. The Morgan fingerprint density at radius 3 is 2.72 bits per heavy atom. The Kier molecular flexibility index (Phi) is 6.59. The smallest absolute Gasteiger partial charge is 0.336 e. The number of phenols is 1. The summed E-state index contributed by atoms with van der Waals surface area (Å²) in [6.45, 7) is 0. The van der Waals surface area contributed by atoms with Gasteiger partial charge in [-0.1, -0.05) is 28.1 Å². The maximum Gasteiger partial charge on any atom is 0.336 e. The van der Waals surface area contributed by atoms with Gasteiger partial charge in [0.25, 0.3) is 5.91 Å². The first kappa shape index (κ1) is 20.1. The standard InChI is InChI=1S/C21H15BrN2O5/c22-15-10-14(13-23-24-21(27)18-5-1-2-6-19(18)25)11-17(12-15)29-20(26)8-7-16-4-3-9-28-16/h1-13,25H,(H,24,27)/b8-7+,23-13-. The van der Waals surface area contributed by atoms with Gasteiger partial charge in [0.15, 0.2) is 0 Å². The first-order valence-corrected chi connectivity index (χ1v) is 9.16. The number of esters is 1. The molecular weight excluding hydrogens is 440 g/mol. The Balaban J connectivity index is 1.64. The van der Waals surface area contributed by atoms with Crippen molar-refractivity contribution >= 4 is 40.1 Å². The molecule has 0 atom stereocenters. The van der Waals surface area contributed by atoms with Crippen LogP contribution in [0, 0.1) is 0 Å². The Labute approximate surface area is 174 Å². The maximum atomic E-state index is 12.0. The Bertz CT molecular complexity index is 1070. The van der Waals surface area contributed by atoms with Crippen LogP contribution in [0.25, 0.3) is 6.08 Å². The largest absolute Gasteiger partial charge is 0.507 e. The number of phenolic OH excluding ortho intramolecular Hbond substituents is 1. The number of rotatable bonds is 6. The molecule has 2 aromatic carbocycles. The van der Waals surface area contributed by atoms with E-state index in [1.807, 2.05) is 0 Å². The number of aromatic hydroxyl groups is 1. The second-order valence-corrected chi connectivity index (χ2v) is 6.62. The molecule has 29 heavy (non-hydrogen) atoms. The van der Waals surface area contributed by atoms with Crippen LogP contribution in [-0.4, -0.2) is 23.2 Å². The van der Waals surface area contributed by atoms with Gasteiger partial charge in [-0.3, -0.25) is 4.79 Å². The highest BCUT2D eigenvalue weighted by atomic mass is 79.9. The van der Waals surface area contributed by atoms with Gasteiger partial charge in [0, 0.05) is 10.5 Å². The maximum absolute atomic E-state index is 12.0. The van der Waals surface area contributed by atoms with Crippen LogP contribution in [0.4, 0.5) is 0 Å². The van der Waals surface area contributed by atoms with Crippen LogP contribution in [0.3, 0.4) is 0 Å². The van der Waals surface area contributed by atoms with Crippen molar-refractivity contribution in [2.24, 2.45) is 5.10 Å². The third kappa shape index (κ3) is 5.91. The van der Waals surface area contributed by atoms with Crippen molar-refractivity contribution in [1.29, 1.82) is 0 Å². The van der Waals surface area contributed by atoms with E-state index in [0.29, 0.717) is 21.5 Å². The number of furan rings is 1. The number of para-hydroxylation sites is 1. The topological polar surface area (TPSA) is 101 Å². The van der Waals surface area contributed by atoms with Gasteiger partial charge >= 0.3 is 5.97 Å². The predicted octanol–water partition coefficient (Wildman–Crippen LogP) is 4.13. The molecule has 0 aliphatic carbocycles. The van der Waals surface area contributed by atoms with Gasteiger partial charge in [-0.15, -0.1) is 0 Å². The molecule has 146 valence electrons. The molecule has 0 bridgehead atoms. The molecule has 1 amide bonds. The summed E-state index contributed by atoms with van der Waals surface area (Å²) in [7, 11) is 0. The summed E-state index contributed by atoms with van der Waals surface area (Å²) in [5.74, 6) is -0.440. The number of carbonyl (C=O) groups excluding carboxylic acids is 2. The zero-order valence-corrected chi connectivity index (χ0v) is 16.5. The van der Waals surface area contributed by atoms with Crippen LogP contribution in [0.2, 0.25) is 0 Å². The lowest BCUT2D eigenvalue weighted by Gasteiger charge is -2.04. The molecule has 0 spiro atoms. The minimum atomic E-state index is -0.574. The first-order valence-electron chi connectivity index (χ1n) is 8.36. The summed E-state index contributed by atoms with van der Waals surface area (Å²) in [5, 5.41) is 13.5. The van der Waals surface area contributed by atoms with Gasteiger partial charge in [0.05, 0.1) is 18.0 Å². The molecule has 3 aromatic rings. The highest BCUT2D eigenvalue weighted by molar-refractivity contribution is 9.10. The lowest BCUT2D eigenvalue weighted by molar-refractivity contribution is -0.128. The average molecular weight is 455 g/mol. The van der Waals surface area contributed by atoms with E-state index in [1.165, 1.54) is 36.8 Å². The third-order valence-electron chi connectivity index (χ3n) is 3.57. The molecule has 7 nitrogen and oxygen atoms in total. The fourth-order valence-electron chi connectivity index (χ4n) is 2.30. The zero-order valence-electron chi connectivity index (χ0n) is 14.9. The van der Waals surface area contributed by atoms with E-state index in [0.717, 1.165) is 0 Å². The minimum Gasteiger partial charge on any atom is -0.507 e. The third-order valence-corrected chi connectivity index (χ3v) is 4.03. The van der Waals surface area contributed by atoms with Crippen LogP contribution in [0.15, 0.2) is 80.9 Å². The number of nitrogens with one attached hydrogen (secondary N) is 1. The van der Waals surface area contributed by atoms with E-state index in [9.17, 15) is 14.7 Å². The summed E-state index contributed by atoms with van der Waals surface area (Å²) in [6, 6.07) is 14.5. The lowest BCUT2D eigenvalue weighted by Crippen LogP contribution is -2.17. The number of hydrogen-bond donors (Lipinski definition) is 2. The molecule has 0 fully saturated rings. The second-order valence-electron chi connectivity index (χ2n) is 5.71. The average Bonchev–Trinajstić information content (AvgIpc) is 3.20. The van der Waals surface area contributed by atoms with Crippen LogP contribution in [0.1, 0.15) is 21.7 Å². The van der Waals surface area contributed by atoms with Crippen molar-refractivity contribution < 1.29 is 23.8 Å².